The van der Waals surface area contributed by atoms with Crippen LogP contribution >= 0.6 is 15.9 Å². The van der Waals surface area contributed by atoms with E-state index >= 15 is 0 Å². The lowest BCUT2D eigenvalue weighted by atomic mass is 10.1. The molecule has 0 fully saturated rings. The number of methoxy groups -OCH3 is 1. The highest BCUT2D eigenvalue weighted by atomic mass is 79.9. The molecular formula is C10H15BrN2O2. The van der Waals surface area contributed by atoms with Gasteiger partial charge in [0.15, 0.2) is 0 Å². The molecule has 0 amide bonds. The molecule has 84 valence electrons. The quantitative estimate of drug-likeness (QED) is 0.911. The van der Waals surface area contributed by atoms with E-state index in [2.05, 4.69) is 15.9 Å². The van der Waals surface area contributed by atoms with Gasteiger partial charge in [0.1, 0.15) is 0 Å². The molecule has 15 heavy (non-hydrogen) atoms. The molecule has 0 aromatic carbocycles. The fourth-order valence-corrected chi connectivity index (χ4v) is 1.71. The van der Waals surface area contributed by atoms with Crippen molar-refractivity contribution in [3.8, 4) is 0 Å². The van der Waals surface area contributed by atoms with Crippen molar-refractivity contribution in [2.24, 2.45) is 0 Å². The molecule has 1 rings (SSSR count). The lowest BCUT2D eigenvalue weighted by molar-refractivity contribution is 0.00738. The molecule has 0 aliphatic rings. The Bertz CT molecular complexity index is 412. The predicted molar refractivity (Wildman–Crippen MR) is 63.9 cm³/mol. The minimum Gasteiger partial charge on any atom is -0.398 e. The molecule has 1 aromatic heterocycles. The molecule has 0 bridgehead atoms. The maximum absolute atomic E-state index is 11.7. The fourth-order valence-electron chi connectivity index (χ4n) is 1.21. The minimum atomic E-state index is -0.392. The Labute approximate surface area is 97.2 Å². The van der Waals surface area contributed by atoms with Crippen molar-refractivity contribution in [3.63, 3.8) is 0 Å². The minimum absolute atomic E-state index is 0.102. The van der Waals surface area contributed by atoms with Crippen LogP contribution in [0.5, 0.6) is 0 Å². The number of nitrogens with zero attached hydrogens (tertiary/aromatic N) is 1. The van der Waals surface area contributed by atoms with Crippen molar-refractivity contribution in [2.75, 3.05) is 12.8 Å². The van der Waals surface area contributed by atoms with E-state index in [1.54, 1.807) is 23.9 Å². The van der Waals surface area contributed by atoms with E-state index in [9.17, 15) is 4.79 Å². The van der Waals surface area contributed by atoms with E-state index in [0.717, 1.165) is 0 Å². The van der Waals surface area contributed by atoms with Gasteiger partial charge in [0.2, 0.25) is 0 Å². The average Bonchev–Trinajstić information content (AvgIpc) is 2.13. The molecule has 0 spiro atoms. The van der Waals surface area contributed by atoms with Crippen molar-refractivity contribution in [1.29, 1.82) is 0 Å². The molecule has 0 unspecified atom stereocenters. The number of hydrogen-bond acceptors (Lipinski definition) is 3. The smallest absolute Gasteiger partial charge is 0.265 e. The molecule has 5 heteroatoms. The maximum Gasteiger partial charge on any atom is 0.265 e. The van der Waals surface area contributed by atoms with Crippen LogP contribution in [0.2, 0.25) is 0 Å². The fraction of sp³-hybridized carbons (Fsp3) is 0.500. The lowest BCUT2D eigenvalue weighted by Gasteiger charge is -2.24. The number of halogens is 1. The van der Waals surface area contributed by atoms with Crippen LogP contribution in [0.4, 0.5) is 5.69 Å². The van der Waals surface area contributed by atoms with Crippen molar-refractivity contribution in [2.45, 2.75) is 26.0 Å². The molecule has 4 nitrogen and oxygen atoms in total. The van der Waals surface area contributed by atoms with Gasteiger partial charge < -0.3 is 15.0 Å². The number of anilines is 1. The lowest BCUT2D eigenvalue weighted by Crippen LogP contribution is -2.34. The van der Waals surface area contributed by atoms with Crippen LogP contribution in [-0.2, 0) is 11.3 Å². The average molecular weight is 275 g/mol. The Morgan fingerprint density at radius 2 is 2.20 bits per heavy atom. The summed E-state index contributed by atoms with van der Waals surface area (Å²) in [4.78, 5) is 11.7. The van der Waals surface area contributed by atoms with Crippen LogP contribution in [0.1, 0.15) is 13.8 Å². The van der Waals surface area contributed by atoms with Crippen molar-refractivity contribution in [1.82, 2.24) is 4.57 Å². The van der Waals surface area contributed by atoms with E-state index in [-0.39, 0.29) is 5.56 Å². The van der Waals surface area contributed by atoms with Gasteiger partial charge in [-0.3, -0.25) is 4.79 Å². The summed E-state index contributed by atoms with van der Waals surface area (Å²) in [5.41, 5.74) is 5.71. The number of ether oxygens (including phenoxy) is 1. The second-order valence-electron chi connectivity index (χ2n) is 4.02. The van der Waals surface area contributed by atoms with Gasteiger partial charge in [0, 0.05) is 19.0 Å². The Kier molecular flexibility index (Phi) is 3.57. The highest BCUT2D eigenvalue weighted by molar-refractivity contribution is 9.10. The Balaban J connectivity index is 3.11. The molecule has 0 radical (unpaired) electrons. The molecule has 0 saturated heterocycles. The molecule has 0 saturated carbocycles. The zero-order valence-corrected chi connectivity index (χ0v) is 10.7. The normalized spacial score (nSPS) is 11.7. The Morgan fingerprint density at radius 3 is 2.73 bits per heavy atom. The summed E-state index contributed by atoms with van der Waals surface area (Å²) >= 11 is 3.17. The third kappa shape index (κ3) is 3.07. The summed E-state index contributed by atoms with van der Waals surface area (Å²) < 4.78 is 7.27. The van der Waals surface area contributed by atoms with Gasteiger partial charge in [-0.2, -0.15) is 0 Å². The third-order valence-electron chi connectivity index (χ3n) is 2.17. The summed E-state index contributed by atoms with van der Waals surface area (Å²) in [5, 5.41) is 0. The topological polar surface area (TPSA) is 57.2 Å². The molecule has 0 aliphatic carbocycles. The summed E-state index contributed by atoms with van der Waals surface area (Å²) in [5.74, 6) is 0. The van der Waals surface area contributed by atoms with Crippen LogP contribution in [0, 0.1) is 0 Å². The molecule has 1 aromatic rings. The first-order valence-electron chi connectivity index (χ1n) is 4.56. The van der Waals surface area contributed by atoms with Crippen LogP contribution in [0.3, 0.4) is 0 Å². The Hall–Kier alpha value is -0.810. The van der Waals surface area contributed by atoms with E-state index < -0.39 is 5.60 Å². The van der Waals surface area contributed by atoms with Crippen LogP contribution in [-0.4, -0.2) is 17.3 Å². The second kappa shape index (κ2) is 4.37. The summed E-state index contributed by atoms with van der Waals surface area (Å²) in [6.07, 6.45) is 1.62. The van der Waals surface area contributed by atoms with E-state index in [1.165, 1.54) is 0 Å². The molecule has 1 heterocycles. The van der Waals surface area contributed by atoms with Gasteiger partial charge in [-0.05, 0) is 35.8 Å². The van der Waals surface area contributed by atoms with Crippen molar-refractivity contribution < 1.29 is 4.74 Å². The summed E-state index contributed by atoms with van der Waals surface area (Å²) in [6.45, 7) is 4.29. The second-order valence-corrected chi connectivity index (χ2v) is 4.87. The van der Waals surface area contributed by atoms with Crippen molar-refractivity contribution in [3.05, 3.63) is 27.1 Å². The number of pyridine rings is 1. The predicted octanol–water partition coefficient (Wildman–Crippen LogP) is 1.62. The Morgan fingerprint density at radius 1 is 1.60 bits per heavy atom. The number of hydrogen-bond donors (Lipinski definition) is 1. The number of aromatic nitrogens is 1. The standard InChI is InChI=1S/C10H15BrN2O2/c1-10(2,15-3)6-13-5-7(12)4-8(11)9(13)14/h4-5H,6,12H2,1-3H3. The molecule has 2 N–H and O–H groups in total. The largest absolute Gasteiger partial charge is 0.398 e. The van der Waals surface area contributed by atoms with Gasteiger partial charge >= 0.3 is 0 Å². The summed E-state index contributed by atoms with van der Waals surface area (Å²) in [7, 11) is 1.62. The summed E-state index contributed by atoms with van der Waals surface area (Å²) in [6, 6.07) is 1.60. The molecule has 0 aliphatic heterocycles. The number of nitrogen functional groups attached to an aromatic ring is 1. The highest BCUT2D eigenvalue weighted by Crippen LogP contribution is 2.13. The first-order valence-corrected chi connectivity index (χ1v) is 5.35. The van der Waals surface area contributed by atoms with E-state index in [1.807, 2.05) is 13.8 Å². The van der Waals surface area contributed by atoms with Crippen LogP contribution in [0.15, 0.2) is 21.5 Å². The van der Waals surface area contributed by atoms with E-state index in [4.69, 9.17) is 10.5 Å². The monoisotopic (exact) mass is 274 g/mol. The zero-order valence-electron chi connectivity index (χ0n) is 9.08. The van der Waals surface area contributed by atoms with E-state index in [0.29, 0.717) is 16.7 Å². The first-order chi connectivity index (χ1) is 6.85. The zero-order chi connectivity index (χ0) is 11.6. The van der Waals surface area contributed by atoms with Crippen molar-refractivity contribution >= 4 is 21.6 Å². The van der Waals surface area contributed by atoms with Crippen LogP contribution < -0.4 is 11.3 Å². The maximum atomic E-state index is 11.7. The number of rotatable bonds is 3. The van der Waals surface area contributed by atoms with Crippen LogP contribution in [0.25, 0.3) is 0 Å². The molecule has 0 atom stereocenters. The SMILES string of the molecule is COC(C)(C)Cn1cc(N)cc(Br)c1=O. The van der Waals surface area contributed by atoms with Gasteiger partial charge in [-0.15, -0.1) is 0 Å². The van der Waals surface area contributed by atoms with Gasteiger partial charge in [-0.25, -0.2) is 0 Å². The van der Waals surface area contributed by atoms with Gasteiger partial charge in [0.25, 0.3) is 5.56 Å². The first kappa shape index (κ1) is 12.3. The van der Waals surface area contributed by atoms with Gasteiger partial charge in [0.05, 0.1) is 16.6 Å². The number of nitrogens with two attached hydrogens (primary N) is 1. The van der Waals surface area contributed by atoms with Gasteiger partial charge in [-0.1, -0.05) is 0 Å². The third-order valence-corrected chi connectivity index (χ3v) is 2.74. The highest BCUT2D eigenvalue weighted by Gasteiger charge is 2.18. The molecular weight excluding hydrogens is 260 g/mol.